The first-order chi connectivity index (χ1) is 9.04. The van der Waals surface area contributed by atoms with Crippen molar-refractivity contribution in [3.63, 3.8) is 0 Å². The number of benzene rings is 2. The molecule has 0 fully saturated rings. The van der Waals surface area contributed by atoms with Gasteiger partial charge in [-0.05, 0) is 47.9 Å². The van der Waals surface area contributed by atoms with E-state index in [4.69, 9.17) is 23.2 Å². The topological polar surface area (TPSA) is 20.2 Å². The summed E-state index contributed by atoms with van der Waals surface area (Å²) in [6.45, 7) is 0. The quantitative estimate of drug-likeness (QED) is 0.893. The Morgan fingerprint density at radius 3 is 2.58 bits per heavy atom. The minimum absolute atomic E-state index is 0.309. The normalized spacial score (nSPS) is 12.4. The highest BCUT2D eigenvalue weighted by Gasteiger charge is 2.10. The van der Waals surface area contributed by atoms with Crippen LogP contribution in [0.2, 0.25) is 10.0 Å². The van der Waals surface area contributed by atoms with Gasteiger partial charge in [-0.1, -0.05) is 35.3 Å². The van der Waals surface area contributed by atoms with Gasteiger partial charge >= 0.3 is 0 Å². The van der Waals surface area contributed by atoms with Crippen LogP contribution < -0.4 is 0 Å². The van der Waals surface area contributed by atoms with Crippen molar-refractivity contribution in [3.8, 4) is 0 Å². The van der Waals surface area contributed by atoms with E-state index in [2.05, 4.69) is 0 Å². The smallest absolute Gasteiger partial charge is 0.123 e. The van der Waals surface area contributed by atoms with Gasteiger partial charge in [0.05, 0.1) is 6.10 Å². The number of hydrogen-bond acceptors (Lipinski definition) is 1. The molecule has 0 aromatic heterocycles. The van der Waals surface area contributed by atoms with Crippen LogP contribution in [0.25, 0.3) is 0 Å². The summed E-state index contributed by atoms with van der Waals surface area (Å²) >= 11 is 11.9. The van der Waals surface area contributed by atoms with Gasteiger partial charge in [0, 0.05) is 16.5 Å². The molecule has 0 heterocycles. The molecule has 0 saturated carbocycles. The third kappa shape index (κ3) is 4.20. The number of aliphatic hydroxyl groups excluding tert-OH is 1. The van der Waals surface area contributed by atoms with Crippen LogP contribution in [0.1, 0.15) is 11.1 Å². The van der Waals surface area contributed by atoms with Gasteiger partial charge in [0.2, 0.25) is 0 Å². The van der Waals surface area contributed by atoms with Crippen molar-refractivity contribution in [1.82, 2.24) is 0 Å². The van der Waals surface area contributed by atoms with Crippen LogP contribution in [0.3, 0.4) is 0 Å². The zero-order valence-corrected chi connectivity index (χ0v) is 11.6. The summed E-state index contributed by atoms with van der Waals surface area (Å²) in [7, 11) is 0. The summed E-state index contributed by atoms with van der Waals surface area (Å²) in [5, 5.41) is 11.1. The minimum atomic E-state index is -0.627. The fraction of sp³-hybridized carbons (Fsp3) is 0.200. The predicted octanol–water partition coefficient (Wildman–Crippen LogP) is 4.28. The third-order valence-electron chi connectivity index (χ3n) is 2.82. The van der Waals surface area contributed by atoms with Crippen LogP contribution in [-0.2, 0) is 12.8 Å². The zero-order chi connectivity index (χ0) is 13.8. The summed E-state index contributed by atoms with van der Waals surface area (Å²) in [5.41, 5.74) is 1.55. The van der Waals surface area contributed by atoms with Gasteiger partial charge < -0.3 is 5.11 Å². The van der Waals surface area contributed by atoms with E-state index < -0.39 is 6.10 Å². The zero-order valence-electron chi connectivity index (χ0n) is 10.1. The van der Waals surface area contributed by atoms with Crippen LogP contribution in [0.4, 0.5) is 4.39 Å². The summed E-state index contributed by atoms with van der Waals surface area (Å²) in [4.78, 5) is 0. The third-order valence-corrected chi connectivity index (χ3v) is 3.43. The summed E-state index contributed by atoms with van der Waals surface area (Å²) in [6, 6.07) is 11.5. The molecular formula is C15H13Cl2FO. The van der Waals surface area contributed by atoms with Crippen molar-refractivity contribution in [2.24, 2.45) is 0 Å². The molecule has 0 bridgehead atoms. The van der Waals surface area contributed by atoms with Crippen molar-refractivity contribution in [2.45, 2.75) is 18.9 Å². The fourth-order valence-corrected chi connectivity index (χ4v) is 2.37. The van der Waals surface area contributed by atoms with Crippen molar-refractivity contribution >= 4 is 23.2 Å². The molecule has 2 aromatic carbocycles. The fourth-order valence-electron chi connectivity index (χ4n) is 1.96. The minimum Gasteiger partial charge on any atom is -0.392 e. The lowest BCUT2D eigenvalue weighted by Gasteiger charge is -2.12. The van der Waals surface area contributed by atoms with Gasteiger partial charge in [-0.15, -0.1) is 0 Å². The molecule has 0 amide bonds. The Morgan fingerprint density at radius 2 is 1.84 bits per heavy atom. The Hall–Kier alpha value is -1.09. The lowest BCUT2D eigenvalue weighted by atomic mass is 10.0. The Bertz CT molecular complexity index is 572. The molecule has 2 aromatic rings. The molecule has 0 saturated heterocycles. The van der Waals surface area contributed by atoms with Crippen molar-refractivity contribution < 1.29 is 9.50 Å². The van der Waals surface area contributed by atoms with E-state index in [9.17, 15) is 9.50 Å². The molecular weight excluding hydrogens is 286 g/mol. The highest BCUT2D eigenvalue weighted by Crippen LogP contribution is 2.20. The number of rotatable bonds is 4. The monoisotopic (exact) mass is 298 g/mol. The number of aliphatic hydroxyl groups is 1. The molecule has 2 rings (SSSR count). The molecule has 0 aliphatic carbocycles. The summed E-state index contributed by atoms with van der Waals surface area (Å²) < 4.78 is 13.1. The van der Waals surface area contributed by atoms with Crippen molar-refractivity contribution in [3.05, 3.63) is 69.5 Å². The van der Waals surface area contributed by atoms with Crippen LogP contribution in [0, 0.1) is 5.82 Å². The Kier molecular flexibility index (Phi) is 4.81. The van der Waals surface area contributed by atoms with E-state index in [1.165, 1.54) is 18.2 Å². The molecule has 0 aliphatic rings. The molecule has 1 unspecified atom stereocenters. The van der Waals surface area contributed by atoms with Gasteiger partial charge in [0.15, 0.2) is 0 Å². The van der Waals surface area contributed by atoms with Gasteiger partial charge in [0.1, 0.15) is 5.82 Å². The van der Waals surface area contributed by atoms with Gasteiger partial charge in [0.25, 0.3) is 0 Å². The average Bonchev–Trinajstić information content (AvgIpc) is 2.34. The summed E-state index contributed by atoms with van der Waals surface area (Å²) in [6.07, 6.45) is 0.133. The van der Waals surface area contributed by atoms with Gasteiger partial charge in [-0.25, -0.2) is 4.39 Å². The predicted molar refractivity (Wildman–Crippen MR) is 76.3 cm³/mol. The lowest BCUT2D eigenvalue weighted by molar-refractivity contribution is 0.175. The lowest BCUT2D eigenvalue weighted by Crippen LogP contribution is -2.14. The first kappa shape index (κ1) is 14.3. The van der Waals surface area contributed by atoms with E-state index in [-0.39, 0.29) is 5.82 Å². The van der Waals surface area contributed by atoms with Gasteiger partial charge in [-0.3, -0.25) is 0 Å². The largest absolute Gasteiger partial charge is 0.392 e. The van der Waals surface area contributed by atoms with E-state index in [0.29, 0.717) is 28.5 Å². The maximum Gasteiger partial charge on any atom is 0.123 e. The summed E-state index contributed by atoms with van der Waals surface area (Å²) in [5.74, 6) is -0.352. The molecule has 0 spiro atoms. The van der Waals surface area contributed by atoms with Crippen molar-refractivity contribution in [1.29, 1.82) is 0 Å². The Morgan fingerprint density at radius 1 is 1.05 bits per heavy atom. The van der Waals surface area contributed by atoms with E-state index in [0.717, 1.165) is 5.56 Å². The van der Waals surface area contributed by atoms with Crippen molar-refractivity contribution in [2.75, 3.05) is 0 Å². The second kappa shape index (κ2) is 6.38. The Balaban J connectivity index is 2.05. The Labute approximate surface area is 121 Å². The first-order valence-corrected chi connectivity index (χ1v) is 6.66. The number of halogens is 3. The molecule has 4 heteroatoms. The second-order valence-electron chi connectivity index (χ2n) is 4.43. The van der Waals surface area contributed by atoms with E-state index in [1.54, 1.807) is 12.1 Å². The second-order valence-corrected chi connectivity index (χ2v) is 5.27. The molecule has 1 atom stereocenters. The molecule has 1 nitrogen and oxygen atoms in total. The van der Waals surface area contributed by atoms with E-state index >= 15 is 0 Å². The van der Waals surface area contributed by atoms with Crippen LogP contribution in [0.5, 0.6) is 0 Å². The van der Waals surface area contributed by atoms with Gasteiger partial charge in [-0.2, -0.15) is 0 Å². The molecule has 1 N–H and O–H groups in total. The van der Waals surface area contributed by atoms with Crippen LogP contribution >= 0.6 is 23.2 Å². The first-order valence-electron chi connectivity index (χ1n) is 5.91. The molecule has 0 radical (unpaired) electrons. The standard InChI is InChI=1S/C15H13Cl2FO/c16-12-3-1-2-10(6-12)7-14(19)9-11-8-13(18)4-5-15(11)17/h1-6,8,14,19H,7,9H2. The SMILES string of the molecule is OC(Cc1cccc(Cl)c1)Cc1cc(F)ccc1Cl. The number of hydrogen-bond donors (Lipinski definition) is 1. The van der Waals surface area contributed by atoms with Crippen LogP contribution in [-0.4, -0.2) is 11.2 Å². The highest BCUT2D eigenvalue weighted by molar-refractivity contribution is 6.31. The van der Waals surface area contributed by atoms with Crippen LogP contribution in [0.15, 0.2) is 42.5 Å². The maximum atomic E-state index is 13.1. The highest BCUT2D eigenvalue weighted by atomic mass is 35.5. The molecule has 0 aliphatic heterocycles. The van der Waals surface area contributed by atoms with E-state index in [1.807, 2.05) is 12.1 Å². The molecule has 19 heavy (non-hydrogen) atoms. The molecule has 100 valence electrons. The average molecular weight is 299 g/mol. The maximum absolute atomic E-state index is 13.1.